The Morgan fingerprint density at radius 2 is 0.434 bits per heavy atom. The molecule has 6 heteroatoms. The standard InChI is InChI=1S/C70H134O6/c1-4-7-10-13-16-19-22-25-28-30-32-34-35-36-37-39-40-42-45-48-51-54-57-60-63-69(72)75-66-67(65-74-68(71)62-59-56-53-50-47-44-27-24-21-18-15-12-9-6-3)76-70(73)64-61-58-55-52-49-46-43-41-38-33-31-29-26-23-20-17-14-11-8-5-2/h24,27,67H,4-23,25-26,28-66H2,1-3H3/b27-24-. The fourth-order valence-electron chi connectivity index (χ4n) is 10.8. The van der Waals surface area contributed by atoms with Gasteiger partial charge in [0.25, 0.3) is 0 Å². The Morgan fingerprint density at radius 1 is 0.250 bits per heavy atom. The van der Waals surface area contributed by atoms with Crippen molar-refractivity contribution < 1.29 is 28.6 Å². The predicted molar refractivity (Wildman–Crippen MR) is 330 cm³/mol. The van der Waals surface area contributed by atoms with Crippen LogP contribution in [0.1, 0.15) is 400 Å². The van der Waals surface area contributed by atoms with Gasteiger partial charge in [-0.25, -0.2) is 0 Å². The van der Waals surface area contributed by atoms with Crippen molar-refractivity contribution in [3.63, 3.8) is 0 Å². The van der Waals surface area contributed by atoms with E-state index in [2.05, 4.69) is 32.9 Å². The van der Waals surface area contributed by atoms with Crippen LogP contribution in [0.5, 0.6) is 0 Å². The SMILES string of the molecule is CCCCCCC/C=C\CCCCCCCC(=O)OCC(COC(=O)CCCCCCCCCCCCCCCCCCCCCCCCCC)OC(=O)CCCCCCCCCCCCCCCCCCCCCC. The van der Waals surface area contributed by atoms with Crippen molar-refractivity contribution in [2.75, 3.05) is 13.2 Å². The van der Waals surface area contributed by atoms with Gasteiger partial charge in [0.05, 0.1) is 0 Å². The Labute approximate surface area is 475 Å². The Balaban J connectivity index is 4.23. The van der Waals surface area contributed by atoms with Crippen LogP contribution in [0.4, 0.5) is 0 Å². The number of hydrogen-bond donors (Lipinski definition) is 0. The summed E-state index contributed by atoms with van der Waals surface area (Å²) in [6.45, 7) is 6.72. The minimum atomic E-state index is -0.769. The van der Waals surface area contributed by atoms with E-state index >= 15 is 0 Å². The molecule has 0 bridgehead atoms. The summed E-state index contributed by atoms with van der Waals surface area (Å²) >= 11 is 0. The maximum atomic E-state index is 12.9. The van der Waals surface area contributed by atoms with Gasteiger partial charge in [0.15, 0.2) is 6.10 Å². The fraction of sp³-hybridized carbons (Fsp3) is 0.929. The van der Waals surface area contributed by atoms with E-state index in [1.54, 1.807) is 0 Å². The molecule has 0 spiro atoms. The molecule has 76 heavy (non-hydrogen) atoms. The predicted octanol–water partition coefficient (Wildman–Crippen LogP) is 23.6. The molecule has 0 aliphatic carbocycles. The number of rotatable bonds is 65. The molecule has 0 rings (SSSR count). The lowest BCUT2D eigenvalue weighted by atomic mass is 10.0. The van der Waals surface area contributed by atoms with E-state index in [0.29, 0.717) is 19.3 Å². The zero-order chi connectivity index (χ0) is 55.0. The zero-order valence-electron chi connectivity index (χ0n) is 51.8. The van der Waals surface area contributed by atoms with Crippen molar-refractivity contribution in [2.45, 2.75) is 406 Å². The van der Waals surface area contributed by atoms with Gasteiger partial charge in [0.2, 0.25) is 0 Å². The highest BCUT2D eigenvalue weighted by Gasteiger charge is 2.19. The Hall–Kier alpha value is -1.85. The minimum Gasteiger partial charge on any atom is -0.462 e. The second-order valence-electron chi connectivity index (χ2n) is 23.8. The average molecular weight is 1070 g/mol. The molecule has 6 nitrogen and oxygen atoms in total. The van der Waals surface area contributed by atoms with Gasteiger partial charge in [-0.3, -0.25) is 14.4 Å². The van der Waals surface area contributed by atoms with Crippen molar-refractivity contribution in [3.05, 3.63) is 12.2 Å². The van der Waals surface area contributed by atoms with Crippen LogP contribution in [0.15, 0.2) is 12.2 Å². The van der Waals surface area contributed by atoms with Crippen molar-refractivity contribution in [2.24, 2.45) is 0 Å². The molecule has 0 heterocycles. The van der Waals surface area contributed by atoms with Crippen molar-refractivity contribution in [3.8, 4) is 0 Å². The van der Waals surface area contributed by atoms with Gasteiger partial charge in [-0.15, -0.1) is 0 Å². The van der Waals surface area contributed by atoms with Crippen LogP contribution >= 0.6 is 0 Å². The van der Waals surface area contributed by atoms with E-state index in [-0.39, 0.29) is 31.1 Å². The summed E-state index contributed by atoms with van der Waals surface area (Å²) in [5.74, 6) is -0.840. The van der Waals surface area contributed by atoms with E-state index in [4.69, 9.17) is 14.2 Å². The van der Waals surface area contributed by atoms with Crippen LogP contribution in [0.25, 0.3) is 0 Å². The van der Waals surface area contributed by atoms with Gasteiger partial charge >= 0.3 is 17.9 Å². The molecule has 0 aliphatic rings. The monoisotopic (exact) mass is 1070 g/mol. The van der Waals surface area contributed by atoms with Crippen LogP contribution in [-0.2, 0) is 28.6 Å². The molecule has 0 amide bonds. The lowest BCUT2D eigenvalue weighted by Gasteiger charge is -2.18. The van der Waals surface area contributed by atoms with Gasteiger partial charge in [-0.2, -0.15) is 0 Å². The highest BCUT2D eigenvalue weighted by Crippen LogP contribution is 2.19. The summed E-state index contributed by atoms with van der Waals surface area (Å²) in [5.41, 5.74) is 0. The van der Waals surface area contributed by atoms with Crippen LogP contribution in [0.2, 0.25) is 0 Å². The van der Waals surface area contributed by atoms with Crippen LogP contribution < -0.4 is 0 Å². The third-order valence-electron chi connectivity index (χ3n) is 16.0. The number of carbonyl (C=O) groups excluding carboxylic acids is 3. The molecule has 0 saturated carbocycles. The largest absolute Gasteiger partial charge is 0.462 e. The summed E-state index contributed by atoms with van der Waals surface area (Å²) < 4.78 is 17.0. The van der Waals surface area contributed by atoms with Crippen LogP contribution in [0, 0.1) is 0 Å². The Bertz CT molecular complexity index is 1180. The number of carbonyl (C=O) groups is 3. The van der Waals surface area contributed by atoms with E-state index < -0.39 is 6.10 Å². The molecule has 450 valence electrons. The van der Waals surface area contributed by atoms with Gasteiger partial charge in [0, 0.05) is 19.3 Å². The quantitative estimate of drug-likeness (QED) is 0.0261. The molecular formula is C70H134O6. The molecule has 0 fully saturated rings. The highest BCUT2D eigenvalue weighted by molar-refractivity contribution is 5.71. The van der Waals surface area contributed by atoms with E-state index in [1.807, 2.05) is 0 Å². The lowest BCUT2D eigenvalue weighted by molar-refractivity contribution is -0.167. The first-order valence-electron chi connectivity index (χ1n) is 34.7. The van der Waals surface area contributed by atoms with Gasteiger partial charge in [-0.05, 0) is 44.9 Å². The van der Waals surface area contributed by atoms with Crippen molar-refractivity contribution >= 4 is 17.9 Å². The third-order valence-corrected chi connectivity index (χ3v) is 16.0. The summed E-state index contributed by atoms with van der Waals surface area (Å²) in [4.78, 5) is 38.4. The normalized spacial score (nSPS) is 12.0. The second kappa shape index (κ2) is 65.7. The number of esters is 3. The van der Waals surface area contributed by atoms with Crippen LogP contribution in [-0.4, -0.2) is 37.2 Å². The molecule has 0 aromatic rings. The summed E-state index contributed by atoms with van der Waals surface area (Å²) in [5, 5.41) is 0. The van der Waals surface area contributed by atoms with E-state index in [9.17, 15) is 14.4 Å². The first kappa shape index (κ1) is 74.2. The third kappa shape index (κ3) is 63.0. The minimum absolute atomic E-state index is 0.0657. The molecule has 0 N–H and O–H groups in total. The maximum Gasteiger partial charge on any atom is 0.306 e. The van der Waals surface area contributed by atoms with Crippen LogP contribution in [0.3, 0.4) is 0 Å². The van der Waals surface area contributed by atoms with Gasteiger partial charge < -0.3 is 14.2 Å². The summed E-state index contributed by atoms with van der Waals surface area (Å²) in [6, 6.07) is 0. The Morgan fingerprint density at radius 3 is 0.658 bits per heavy atom. The highest BCUT2D eigenvalue weighted by atomic mass is 16.6. The lowest BCUT2D eigenvalue weighted by Crippen LogP contribution is -2.30. The first-order chi connectivity index (χ1) is 37.5. The first-order valence-corrected chi connectivity index (χ1v) is 34.7. The summed E-state index contributed by atoms with van der Waals surface area (Å²) in [6.07, 6.45) is 78.1. The fourth-order valence-corrected chi connectivity index (χ4v) is 10.8. The van der Waals surface area contributed by atoms with Gasteiger partial charge in [-0.1, -0.05) is 348 Å². The van der Waals surface area contributed by atoms with E-state index in [0.717, 1.165) is 64.2 Å². The number of unbranched alkanes of at least 4 members (excludes halogenated alkanes) is 52. The second-order valence-corrected chi connectivity index (χ2v) is 23.8. The molecule has 0 aliphatic heterocycles. The molecule has 1 unspecified atom stereocenters. The molecule has 1 atom stereocenters. The molecule has 0 saturated heterocycles. The molecular weight excluding hydrogens is 937 g/mol. The summed E-state index contributed by atoms with van der Waals surface area (Å²) in [7, 11) is 0. The van der Waals surface area contributed by atoms with E-state index in [1.165, 1.54) is 295 Å². The smallest absolute Gasteiger partial charge is 0.306 e. The number of allylic oxidation sites excluding steroid dienone is 2. The van der Waals surface area contributed by atoms with Gasteiger partial charge in [0.1, 0.15) is 13.2 Å². The number of hydrogen-bond acceptors (Lipinski definition) is 6. The average Bonchev–Trinajstić information content (AvgIpc) is 3.42. The zero-order valence-corrected chi connectivity index (χ0v) is 51.8. The molecule has 0 aromatic heterocycles. The van der Waals surface area contributed by atoms with Crippen molar-refractivity contribution in [1.29, 1.82) is 0 Å². The molecule has 0 aromatic carbocycles. The van der Waals surface area contributed by atoms with Crippen molar-refractivity contribution in [1.82, 2.24) is 0 Å². The number of ether oxygens (including phenoxy) is 3. The molecule has 0 radical (unpaired) electrons. The topological polar surface area (TPSA) is 78.9 Å². The Kier molecular flexibility index (Phi) is 64.1. The maximum absolute atomic E-state index is 12.9.